The minimum Gasteiger partial charge on any atom is -0.368 e. The van der Waals surface area contributed by atoms with Crippen LogP contribution in [0, 0.1) is 0 Å². The summed E-state index contributed by atoms with van der Waals surface area (Å²) in [7, 11) is 0. The van der Waals surface area contributed by atoms with E-state index >= 15 is 0 Å². The molecule has 6 nitrogen and oxygen atoms in total. The zero-order valence-corrected chi connectivity index (χ0v) is 20.0. The molecule has 0 aliphatic carbocycles. The van der Waals surface area contributed by atoms with Crippen LogP contribution >= 0.6 is 23.2 Å². The first-order valence-corrected chi connectivity index (χ1v) is 11.9. The van der Waals surface area contributed by atoms with Crippen molar-refractivity contribution in [3.63, 3.8) is 0 Å². The number of halogens is 5. The van der Waals surface area contributed by atoms with E-state index in [2.05, 4.69) is 15.3 Å². The lowest BCUT2D eigenvalue weighted by Crippen LogP contribution is -2.49. The van der Waals surface area contributed by atoms with E-state index in [1.807, 2.05) is 30.3 Å². The van der Waals surface area contributed by atoms with Crippen LogP contribution in [0.15, 0.2) is 54.6 Å². The van der Waals surface area contributed by atoms with Crippen molar-refractivity contribution < 1.29 is 18.0 Å². The van der Waals surface area contributed by atoms with Gasteiger partial charge in [0, 0.05) is 44.4 Å². The van der Waals surface area contributed by atoms with Crippen LogP contribution in [-0.2, 0) is 0 Å². The second-order valence-electron chi connectivity index (χ2n) is 8.64. The minimum atomic E-state index is -4.54. The van der Waals surface area contributed by atoms with E-state index in [0.29, 0.717) is 36.8 Å². The van der Waals surface area contributed by atoms with Crippen molar-refractivity contribution in [3.8, 4) is 0 Å². The number of hydrogen-bond donors (Lipinski definition) is 1. The summed E-state index contributed by atoms with van der Waals surface area (Å²) in [5.41, 5.74) is 1.64. The third kappa shape index (κ3) is 4.79. The molecule has 35 heavy (non-hydrogen) atoms. The number of benzene rings is 2. The summed E-state index contributed by atoms with van der Waals surface area (Å²) >= 11 is 12.1. The van der Waals surface area contributed by atoms with Gasteiger partial charge in [0.15, 0.2) is 11.7 Å². The van der Waals surface area contributed by atoms with E-state index < -0.39 is 18.3 Å². The molecule has 3 aromatic rings. The molecule has 2 aromatic carbocycles. The van der Waals surface area contributed by atoms with Crippen LogP contribution in [0.4, 0.5) is 24.7 Å². The predicted octanol–water partition coefficient (Wildman–Crippen LogP) is 5.81. The molecule has 0 spiro atoms. The number of nitrogens with zero attached hydrogens (tertiary/aromatic N) is 4. The molecule has 3 heterocycles. The van der Waals surface area contributed by atoms with Crippen molar-refractivity contribution >= 4 is 40.6 Å². The minimum absolute atomic E-state index is 0.00954. The van der Waals surface area contributed by atoms with Gasteiger partial charge in [0.1, 0.15) is 5.82 Å². The zero-order valence-electron chi connectivity index (χ0n) is 18.5. The van der Waals surface area contributed by atoms with E-state index in [-0.39, 0.29) is 28.9 Å². The Morgan fingerprint density at radius 2 is 1.69 bits per heavy atom. The van der Waals surface area contributed by atoms with Crippen LogP contribution in [0.25, 0.3) is 0 Å². The van der Waals surface area contributed by atoms with Crippen LogP contribution in [-0.4, -0.2) is 52.9 Å². The first-order chi connectivity index (χ1) is 16.7. The highest BCUT2D eigenvalue weighted by Gasteiger charge is 2.47. The quantitative estimate of drug-likeness (QED) is 0.470. The van der Waals surface area contributed by atoms with Crippen molar-refractivity contribution in [1.29, 1.82) is 0 Å². The van der Waals surface area contributed by atoms with Gasteiger partial charge in [-0.15, -0.1) is 0 Å². The Morgan fingerprint density at radius 3 is 2.34 bits per heavy atom. The summed E-state index contributed by atoms with van der Waals surface area (Å²) < 4.78 is 42.8. The number of rotatable bonds is 3. The lowest BCUT2D eigenvalue weighted by atomic mass is 9.97. The molecular formula is C24H22Cl2F3N5O. The molecule has 0 unspecified atom stereocenters. The van der Waals surface area contributed by atoms with E-state index in [0.717, 1.165) is 10.4 Å². The van der Waals surface area contributed by atoms with Crippen molar-refractivity contribution in [2.75, 3.05) is 36.4 Å². The number of carbonyl (C=O) groups is 1. The van der Waals surface area contributed by atoms with Gasteiger partial charge in [0.25, 0.3) is 5.91 Å². The number of amides is 1. The number of para-hydroxylation sites is 1. The summed E-state index contributed by atoms with van der Waals surface area (Å²) in [5.74, 6) is -0.241. The number of nitrogens with one attached hydrogen (secondary N) is 1. The van der Waals surface area contributed by atoms with Crippen molar-refractivity contribution in [3.05, 3.63) is 75.9 Å². The normalized spacial score (nSPS) is 20.4. The molecule has 2 aliphatic rings. The fourth-order valence-electron chi connectivity index (χ4n) is 4.59. The lowest BCUT2D eigenvalue weighted by molar-refractivity contribution is -0.173. The van der Waals surface area contributed by atoms with Gasteiger partial charge in [0.05, 0.1) is 16.1 Å². The standard InChI is InChI=1S/C24H22Cl2F3N5O/c25-17-7-6-15(12-18(17)26)19-13-21(24(27,28)29)34-22(30-19)14-20(31-34)23(35)33-10-8-32(9-11-33)16-4-2-1-3-5-16/h1-7,12,14,19,21,30H,8-11,13H2/t19-,21-/m0/s1. The monoisotopic (exact) mass is 523 g/mol. The number of piperazine rings is 1. The van der Waals surface area contributed by atoms with Crippen molar-refractivity contribution in [2.45, 2.75) is 24.7 Å². The van der Waals surface area contributed by atoms with E-state index in [1.54, 1.807) is 23.1 Å². The Kier molecular flexibility index (Phi) is 6.31. The van der Waals surface area contributed by atoms with Gasteiger partial charge in [-0.2, -0.15) is 18.3 Å². The Morgan fingerprint density at radius 1 is 0.971 bits per heavy atom. The molecule has 2 atom stereocenters. The molecule has 0 radical (unpaired) electrons. The summed E-state index contributed by atoms with van der Waals surface area (Å²) in [6.07, 6.45) is -4.83. The van der Waals surface area contributed by atoms with Gasteiger partial charge in [-0.25, -0.2) is 4.68 Å². The number of aromatic nitrogens is 2. The average molecular weight is 524 g/mol. The number of alkyl halides is 3. The maximum atomic E-state index is 14.0. The number of fused-ring (bicyclic) bond motifs is 1. The third-order valence-electron chi connectivity index (χ3n) is 6.44. The van der Waals surface area contributed by atoms with Crippen LogP contribution in [0.1, 0.15) is 34.6 Å². The van der Waals surface area contributed by atoms with E-state index in [1.165, 1.54) is 6.07 Å². The maximum Gasteiger partial charge on any atom is 0.410 e. The number of carbonyl (C=O) groups excluding carboxylic acids is 1. The zero-order chi connectivity index (χ0) is 24.7. The molecule has 0 bridgehead atoms. The van der Waals surface area contributed by atoms with E-state index in [9.17, 15) is 18.0 Å². The van der Waals surface area contributed by atoms with Gasteiger partial charge >= 0.3 is 6.18 Å². The Labute approximate surface area is 210 Å². The Bertz CT molecular complexity index is 1230. The first-order valence-electron chi connectivity index (χ1n) is 11.2. The Hall–Kier alpha value is -2.91. The largest absolute Gasteiger partial charge is 0.410 e. The van der Waals surface area contributed by atoms with Crippen molar-refractivity contribution in [2.24, 2.45) is 0 Å². The number of hydrogen-bond acceptors (Lipinski definition) is 4. The molecular weight excluding hydrogens is 502 g/mol. The fourth-order valence-corrected chi connectivity index (χ4v) is 4.90. The van der Waals surface area contributed by atoms with Gasteiger partial charge in [0.2, 0.25) is 0 Å². The summed E-state index contributed by atoms with van der Waals surface area (Å²) in [6, 6.07) is 13.5. The van der Waals surface area contributed by atoms with Crippen LogP contribution < -0.4 is 10.2 Å². The molecule has 1 saturated heterocycles. The molecule has 0 saturated carbocycles. The molecule has 1 N–H and O–H groups in total. The smallest absolute Gasteiger partial charge is 0.368 e. The van der Waals surface area contributed by atoms with Crippen LogP contribution in [0.2, 0.25) is 10.0 Å². The average Bonchev–Trinajstić information content (AvgIpc) is 3.29. The summed E-state index contributed by atoms with van der Waals surface area (Å²) in [4.78, 5) is 16.9. The molecule has 5 rings (SSSR count). The predicted molar refractivity (Wildman–Crippen MR) is 129 cm³/mol. The maximum absolute atomic E-state index is 14.0. The van der Waals surface area contributed by atoms with Crippen LogP contribution in [0.5, 0.6) is 0 Å². The van der Waals surface area contributed by atoms with Gasteiger partial charge in [-0.3, -0.25) is 4.79 Å². The molecule has 1 amide bonds. The highest BCUT2D eigenvalue weighted by Crippen LogP contribution is 2.44. The fraction of sp³-hybridized carbons (Fsp3) is 0.333. The van der Waals surface area contributed by atoms with Gasteiger partial charge < -0.3 is 15.1 Å². The molecule has 11 heteroatoms. The van der Waals surface area contributed by atoms with Crippen LogP contribution in [0.3, 0.4) is 0 Å². The third-order valence-corrected chi connectivity index (χ3v) is 7.18. The highest BCUT2D eigenvalue weighted by atomic mass is 35.5. The second kappa shape index (κ2) is 9.28. The topological polar surface area (TPSA) is 53.4 Å². The number of anilines is 2. The first kappa shape index (κ1) is 23.8. The molecule has 1 fully saturated rings. The lowest BCUT2D eigenvalue weighted by Gasteiger charge is -2.35. The van der Waals surface area contributed by atoms with Gasteiger partial charge in [-0.05, 0) is 29.8 Å². The second-order valence-corrected chi connectivity index (χ2v) is 9.45. The molecule has 1 aromatic heterocycles. The highest BCUT2D eigenvalue weighted by molar-refractivity contribution is 6.42. The molecule has 184 valence electrons. The van der Waals surface area contributed by atoms with Crippen molar-refractivity contribution in [1.82, 2.24) is 14.7 Å². The molecule has 2 aliphatic heterocycles. The summed E-state index contributed by atoms with van der Waals surface area (Å²) in [6.45, 7) is 2.17. The van der Waals surface area contributed by atoms with E-state index in [4.69, 9.17) is 23.2 Å². The van der Waals surface area contributed by atoms with Gasteiger partial charge in [-0.1, -0.05) is 47.5 Å². The SMILES string of the molecule is O=C(c1cc2n(n1)[C@H](C(F)(F)F)C[C@@H](c1ccc(Cl)c(Cl)c1)N2)N1CCN(c2ccccc2)CC1. The summed E-state index contributed by atoms with van der Waals surface area (Å²) in [5, 5.41) is 7.77. The Balaban J connectivity index is 1.36.